The van der Waals surface area contributed by atoms with Crippen LogP contribution in [0.25, 0.3) is 0 Å². The molecule has 1 saturated heterocycles. The Bertz CT molecular complexity index is 455. The van der Waals surface area contributed by atoms with Crippen LogP contribution in [0.15, 0.2) is 4.47 Å². The summed E-state index contributed by atoms with van der Waals surface area (Å²) in [5.74, 6) is 0.801. The van der Waals surface area contributed by atoms with Gasteiger partial charge in [0.05, 0.1) is 15.9 Å². The van der Waals surface area contributed by atoms with Crippen molar-refractivity contribution in [2.24, 2.45) is 5.92 Å². The van der Waals surface area contributed by atoms with Crippen molar-refractivity contribution in [2.45, 2.75) is 40.2 Å². The third-order valence-corrected chi connectivity index (χ3v) is 4.74. The first kappa shape index (κ1) is 13.6. The molecule has 2 heterocycles. The lowest BCUT2D eigenvalue weighted by atomic mass is 10.0. The second kappa shape index (κ2) is 5.43. The molecule has 1 aliphatic rings. The molecule has 0 bridgehead atoms. The van der Waals surface area contributed by atoms with Crippen LogP contribution in [0.1, 0.15) is 31.2 Å². The number of nitrogens with zero attached hydrogens (tertiary/aromatic N) is 3. The molecule has 0 aliphatic carbocycles. The van der Waals surface area contributed by atoms with E-state index in [1.165, 1.54) is 6.42 Å². The maximum Gasteiger partial charge on any atom is 0.244 e. The fourth-order valence-corrected chi connectivity index (χ4v) is 2.76. The largest absolute Gasteiger partial charge is 0.341 e. The highest BCUT2D eigenvalue weighted by atomic mass is 79.9. The van der Waals surface area contributed by atoms with Crippen molar-refractivity contribution in [2.75, 3.05) is 13.1 Å². The van der Waals surface area contributed by atoms with Crippen LogP contribution in [-0.4, -0.2) is 33.7 Å². The maximum absolute atomic E-state index is 12.2. The van der Waals surface area contributed by atoms with Gasteiger partial charge < -0.3 is 4.90 Å². The van der Waals surface area contributed by atoms with Gasteiger partial charge in [0.25, 0.3) is 0 Å². The summed E-state index contributed by atoms with van der Waals surface area (Å²) in [4.78, 5) is 14.2. The van der Waals surface area contributed by atoms with Crippen LogP contribution >= 0.6 is 15.9 Å². The van der Waals surface area contributed by atoms with Crippen LogP contribution in [-0.2, 0) is 11.3 Å². The summed E-state index contributed by atoms with van der Waals surface area (Å²) >= 11 is 3.49. The third-order valence-electron chi connectivity index (χ3n) is 3.59. The predicted molar refractivity (Wildman–Crippen MR) is 74.4 cm³/mol. The number of aromatic nitrogens is 2. The number of piperidine rings is 1. The lowest BCUT2D eigenvalue weighted by Crippen LogP contribution is -2.41. The highest BCUT2D eigenvalue weighted by Crippen LogP contribution is 2.20. The Morgan fingerprint density at radius 2 is 2.22 bits per heavy atom. The lowest BCUT2D eigenvalue weighted by molar-refractivity contribution is -0.133. The molecule has 0 spiro atoms. The molecule has 1 atom stereocenters. The van der Waals surface area contributed by atoms with E-state index in [1.54, 1.807) is 4.68 Å². The van der Waals surface area contributed by atoms with Crippen LogP contribution in [0.5, 0.6) is 0 Å². The van der Waals surface area contributed by atoms with Gasteiger partial charge in [0.15, 0.2) is 0 Å². The number of hydrogen-bond acceptors (Lipinski definition) is 2. The van der Waals surface area contributed by atoms with Gasteiger partial charge >= 0.3 is 0 Å². The molecule has 1 fully saturated rings. The molecule has 1 aromatic heterocycles. The van der Waals surface area contributed by atoms with Crippen molar-refractivity contribution in [1.29, 1.82) is 0 Å². The Morgan fingerprint density at radius 1 is 1.50 bits per heavy atom. The fourth-order valence-electron chi connectivity index (χ4n) is 2.47. The molecule has 0 unspecified atom stereocenters. The summed E-state index contributed by atoms with van der Waals surface area (Å²) in [6, 6.07) is 0. The first-order chi connectivity index (χ1) is 8.49. The monoisotopic (exact) mass is 313 g/mol. The average Bonchev–Trinajstić information content (AvgIpc) is 2.57. The lowest BCUT2D eigenvalue weighted by Gasteiger charge is -2.31. The standard InChI is InChI=1S/C13H20BrN3O/c1-9-5-4-6-16(7-9)12(18)8-17-11(3)13(14)10(2)15-17/h9H,4-8H2,1-3H3/t9-/m0/s1. The SMILES string of the molecule is Cc1nn(CC(=O)N2CCC[C@H](C)C2)c(C)c1Br. The molecule has 0 N–H and O–H groups in total. The fraction of sp³-hybridized carbons (Fsp3) is 0.692. The minimum atomic E-state index is 0.180. The third kappa shape index (κ3) is 2.76. The molecule has 1 aliphatic heterocycles. The minimum Gasteiger partial charge on any atom is -0.341 e. The van der Waals surface area contributed by atoms with E-state index in [1.807, 2.05) is 18.7 Å². The van der Waals surface area contributed by atoms with Crippen LogP contribution in [0.3, 0.4) is 0 Å². The Morgan fingerprint density at radius 3 is 2.78 bits per heavy atom. The van der Waals surface area contributed by atoms with Gasteiger partial charge in [-0.15, -0.1) is 0 Å². The average molecular weight is 314 g/mol. The van der Waals surface area contributed by atoms with Gasteiger partial charge in [-0.05, 0) is 48.5 Å². The van der Waals surface area contributed by atoms with E-state index in [9.17, 15) is 4.79 Å². The van der Waals surface area contributed by atoms with Gasteiger partial charge in [0.2, 0.25) is 5.91 Å². The van der Waals surface area contributed by atoms with Gasteiger partial charge in [0.1, 0.15) is 6.54 Å². The zero-order valence-corrected chi connectivity index (χ0v) is 12.8. The predicted octanol–water partition coefficient (Wildman–Crippen LogP) is 2.52. The highest BCUT2D eigenvalue weighted by Gasteiger charge is 2.22. The van der Waals surface area contributed by atoms with Gasteiger partial charge in [-0.2, -0.15) is 5.10 Å². The van der Waals surface area contributed by atoms with Crippen molar-refractivity contribution < 1.29 is 4.79 Å². The number of aryl methyl sites for hydroxylation is 1. The van der Waals surface area contributed by atoms with E-state index < -0.39 is 0 Å². The molecule has 0 saturated carbocycles. The van der Waals surface area contributed by atoms with Crippen molar-refractivity contribution in [3.05, 3.63) is 15.9 Å². The van der Waals surface area contributed by atoms with E-state index in [2.05, 4.69) is 28.0 Å². The first-order valence-electron chi connectivity index (χ1n) is 6.46. The number of likely N-dealkylation sites (tertiary alicyclic amines) is 1. The Hall–Kier alpha value is -0.840. The van der Waals surface area contributed by atoms with E-state index in [0.29, 0.717) is 12.5 Å². The first-order valence-corrected chi connectivity index (χ1v) is 7.25. The molecule has 4 nitrogen and oxygen atoms in total. The summed E-state index contributed by atoms with van der Waals surface area (Å²) in [6.45, 7) is 8.27. The summed E-state index contributed by atoms with van der Waals surface area (Å²) < 4.78 is 2.79. The molecule has 2 rings (SSSR count). The molecule has 0 aromatic carbocycles. The molecular formula is C13H20BrN3O. The van der Waals surface area contributed by atoms with Crippen molar-refractivity contribution in [1.82, 2.24) is 14.7 Å². The number of carbonyl (C=O) groups is 1. The van der Waals surface area contributed by atoms with Crippen LogP contribution in [0.4, 0.5) is 0 Å². The number of amides is 1. The Kier molecular flexibility index (Phi) is 4.10. The van der Waals surface area contributed by atoms with Crippen LogP contribution in [0.2, 0.25) is 0 Å². The van der Waals surface area contributed by atoms with E-state index in [-0.39, 0.29) is 5.91 Å². The minimum absolute atomic E-state index is 0.180. The van der Waals surface area contributed by atoms with Crippen molar-refractivity contribution >= 4 is 21.8 Å². The van der Waals surface area contributed by atoms with Crippen molar-refractivity contribution in [3.8, 4) is 0 Å². The Labute approximate surface area is 116 Å². The quantitative estimate of drug-likeness (QED) is 0.841. The Balaban J connectivity index is 2.04. The molecule has 100 valence electrons. The van der Waals surface area contributed by atoms with Gasteiger partial charge in [0, 0.05) is 13.1 Å². The van der Waals surface area contributed by atoms with Crippen LogP contribution < -0.4 is 0 Å². The van der Waals surface area contributed by atoms with E-state index in [0.717, 1.165) is 35.4 Å². The maximum atomic E-state index is 12.2. The number of rotatable bonds is 2. The molecular weight excluding hydrogens is 294 g/mol. The second-order valence-electron chi connectivity index (χ2n) is 5.23. The molecule has 18 heavy (non-hydrogen) atoms. The summed E-state index contributed by atoms with van der Waals surface area (Å²) in [5, 5.41) is 4.39. The summed E-state index contributed by atoms with van der Waals surface area (Å²) in [6.07, 6.45) is 2.35. The molecule has 5 heteroatoms. The van der Waals surface area contributed by atoms with Crippen molar-refractivity contribution in [3.63, 3.8) is 0 Å². The van der Waals surface area contributed by atoms with Gasteiger partial charge in [-0.25, -0.2) is 0 Å². The number of halogens is 1. The van der Waals surface area contributed by atoms with Crippen LogP contribution in [0, 0.1) is 19.8 Å². The normalized spacial score (nSPS) is 20.2. The highest BCUT2D eigenvalue weighted by molar-refractivity contribution is 9.10. The van der Waals surface area contributed by atoms with Gasteiger partial charge in [-0.3, -0.25) is 9.48 Å². The zero-order valence-electron chi connectivity index (χ0n) is 11.2. The van der Waals surface area contributed by atoms with Gasteiger partial charge in [-0.1, -0.05) is 6.92 Å². The van der Waals surface area contributed by atoms with E-state index in [4.69, 9.17) is 0 Å². The number of hydrogen-bond donors (Lipinski definition) is 0. The number of carbonyl (C=O) groups excluding carboxylic acids is 1. The molecule has 1 aromatic rings. The molecule has 1 amide bonds. The summed E-state index contributed by atoms with van der Waals surface area (Å²) in [7, 11) is 0. The zero-order chi connectivity index (χ0) is 13.3. The summed E-state index contributed by atoms with van der Waals surface area (Å²) in [5.41, 5.74) is 1.96. The smallest absolute Gasteiger partial charge is 0.244 e. The molecule has 0 radical (unpaired) electrons. The second-order valence-corrected chi connectivity index (χ2v) is 6.02. The van der Waals surface area contributed by atoms with E-state index >= 15 is 0 Å². The topological polar surface area (TPSA) is 38.1 Å².